The van der Waals surface area contributed by atoms with Gasteiger partial charge in [0.15, 0.2) is 5.96 Å². The summed E-state index contributed by atoms with van der Waals surface area (Å²) < 4.78 is 13.1. The monoisotopic (exact) mass is 471 g/mol. The second kappa shape index (κ2) is 12.2. The molecule has 2 rings (SSSR count). The topological polar surface area (TPSA) is 78.4 Å². The fourth-order valence-corrected chi connectivity index (χ4v) is 2.19. The van der Waals surface area contributed by atoms with Crippen molar-refractivity contribution in [3.8, 4) is 0 Å². The summed E-state index contributed by atoms with van der Waals surface area (Å²) >= 11 is 0. The van der Waals surface area contributed by atoms with E-state index in [0.29, 0.717) is 37.6 Å². The maximum atomic E-state index is 13.1. The smallest absolute Gasteiger partial charge is 0.252 e. The lowest BCUT2D eigenvalue weighted by Gasteiger charge is -2.12. The Labute approximate surface area is 169 Å². The van der Waals surface area contributed by atoms with E-state index < -0.39 is 0 Å². The summed E-state index contributed by atoms with van der Waals surface area (Å²) in [6, 6.07) is 9.96. The number of guanidine groups is 1. The lowest BCUT2D eigenvalue weighted by molar-refractivity contribution is 0.0954. The lowest BCUT2D eigenvalue weighted by Crippen LogP contribution is -2.42. The molecule has 3 N–H and O–H groups in total. The minimum atomic E-state index is -0.232. The molecule has 140 valence electrons. The van der Waals surface area contributed by atoms with Crippen LogP contribution in [0.2, 0.25) is 0 Å². The number of halogens is 2. The van der Waals surface area contributed by atoms with Crippen LogP contribution in [-0.2, 0) is 6.42 Å². The summed E-state index contributed by atoms with van der Waals surface area (Å²) in [5, 5.41) is 9.06. The molecule has 1 amide bonds. The molecule has 0 atom stereocenters. The van der Waals surface area contributed by atoms with Crippen molar-refractivity contribution in [2.75, 3.05) is 26.7 Å². The van der Waals surface area contributed by atoms with Crippen molar-refractivity contribution in [2.24, 2.45) is 4.99 Å². The molecule has 0 aliphatic carbocycles. The van der Waals surface area contributed by atoms with E-state index in [1.54, 1.807) is 31.4 Å². The summed E-state index contributed by atoms with van der Waals surface area (Å²) in [5.74, 6) is 0.236. The highest BCUT2D eigenvalue weighted by Crippen LogP contribution is 2.03. The largest absolute Gasteiger partial charge is 0.356 e. The van der Waals surface area contributed by atoms with E-state index in [1.165, 1.54) is 18.3 Å². The number of pyridine rings is 1. The lowest BCUT2D eigenvalue weighted by atomic mass is 10.1. The van der Waals surface area contributed by atoms with Crippen molar-refractivity contribution in [1.29, 1.82) is 0 Å². The first-order valence-electron chi connectivity index (χ1n) is 8.06. The van der Waals surface area contributed by atoms with E-state index in [0.717, 1.165) is 5.56 Å². The summed E-state index contributed by atoms with van der Waals surface area (Å²) in [7, 11) is 1.67. The third kappa shape index (κ3) is 7.77. The van der Waals surface area contributed by atoms with Gasteiger partial charge in [-0.1, -0.05) is 12.1 Å². The Morgan fingerprint density at radius 1 is 1.12 bits per heavy atom. The van der Waals surface area contributed by atoms with Gasteiger partial charge in [-0.05, 0) is 36.2 Å². The number of benzene rings is 1. The minimum absolute atomic E-state index is 0. The van der Waals surface area contributed by atoms with Crippen molar-refractivity contribution >= 4 is 35.8 Å². The number of carbonyl (C=O) groups is 1. The van der Waals surface area contributed by atoms with Crippen LogP contribution in [0.1, 0.15) is 15.9 Å². The van der Waals surface area contributed by atoms with E-state index in [2.05, 4.69) is 25.9 Å². The van der Waals surface area contributed by atoms with Gasteiger partial charge < -0.3 is 16.0 Å². The maximum Gasteiger partial charge on any atom is 0.252 e. The van der Waals surface area contributed by atoms with Crippen molar-refractivity contribution < 1.29 is 9.18 Å². The molecule has 0 aliphatic heterocycles. The summed E-state index contributed by atoms with van der Waals surface area (Å²) in [6.07, 6.45) is 3.84. The zero-order chi connectivity index (χ0) is 17.9. The first-order chi connectivity index (χ1) is 12.2. The second-order valence-electron chi connectivity index (χ2n) is 5.30. The van der Waals surface area contributed by atoms with Crippen molar-refractivity contribution in [2.45, 2.75) is 6.42 Å². The highest BCUT2D eigenvalue weighted by Gasteiger charge is 2.04. The summed E-state index contributed by atoms with van der Waals surface area (Å²) in [6.45, 7) is 1.62. The van der Waals surface area contributed by atoms with Crippen molar-refractivity contribution in [3.05, 3.63) is 65.7 Å². The van der Waals surface area contributed by atoms with Crippen LogP contribution in [0.25, 0.3) is 0 Å². The van der Waals surface area contributed by atoms with Gasteiger partial charge in [-0.15, -0.1) is 24.0 Å². The SMILES string of the molecule is CN=C(NCCNC(=O)c1cccnc1)NCCc1cccc(F)c1.I. The third-order valence-corrected chi connectivity index (χ3v) is 3.45. The number of amides is 1. The van der Waals surface area contributed by atoms with E-state index in [4.69, 9.17) is 0 Å². The molecule has 1 aromatic carbocycles. The Balaban J connectivity index is 0.00000338. The quantitative estimate of drug-likeness (QED) is 0.250. The second-order valence-corrected chi connectivity index (χ2v) is 5.30. The normalized spacial score (nSPS) is 10.6. The van der Waals surface area contributed by atoms with Crippen molar-refractivity contribution in [3.63, 3.8) is 0 Å². The van der Waals surface area contributed by atoms with Crippen molar-refractivity contribution in [1.82, 2.24) is 20.9 Å². The van der Waals surface area contributed by atoms with Crippen LogP contribution in [0.5, 0.6) is 0 Å². The first kappa shape index (κ1) is 21.8. The number of rotatable bonds is 7. The van der Waals surface area contributed by atoms with E-state index in [9.17, 15) is 9.18 Å². The van der Waals surface area contributed by atoms with Crippen LogP contribution in [0.3, 0.4) is 0 Å². The van der Waals surface area contributed by atoms with Crippen LogP contribution in [0.15, 0.2) is 53.8 Å². The first-order valence-corrected chi connectivity index (χ1v) is 8.06. The molecule has 0 spiro atoms. The van der Waals surface area contributed by atoms with Gasteiger partial charge in [-0.25, -0.2) is 4.39 Å². The molecule has 0 fully saturated rings. The fourth-order valence-electron chi connectivity index (χ4n) is 2.19. The number of nitrogens with one attached hydrogen (secondary N) is 3. The van der Waals surface area contributed by atoms with Gasteiger partial charge in [-0.2, -0.15) is 0 Å². The molecule has 0 bridgehead atoms. The Hall–Kier alpha value is -2.23. The summed E-state index contributed by atoms with van der Waals surface area (Å²) in [4.78, 5) is 19.9. The third-order valence-electron chi connectivity index (χ3n) is 3.45. The van der Waals surface area contributed by atoms with Crippen LogP contribution >= 0.6 is 24.0 Å². The van der Waals surface area contributed by atoms with E-state index >= 15 is 0 Å². The number of carbonyl (C=O) groups excluding carboxylic acids is 1. The number of nitrogens with zero attached hydrogens (tertiary/aromatic N) is 2. The van der Waals surface area contributed by atoms with Gasteiger partial charge in [-0.3, -0.25) is 14.8 Å². The van der Waals surface area contributed by atoms with Gasteiger partial charge in [0.25, 0.3) is 5.91 Å². The average molecular weight is 471 g/mol. The molecule has 6 nitrogen and oxygen atoms in total. The fraction of sp³-hybridized carbons (Fsp3) is 0.278. The zero-order valence-corrected chi connectivity index (χ0v) is 16.9. The number of hydrogen-bond acceptors (Lipinski definition) is 3. The molecule has 0 radical (unpaired) electrons. The molecule has 2 aromatic rings. The standard InChI is InChI=1S/C18H22FN5O.HI/c1-20-18(23-9-7-14-4-2-6-16(19)12-14)24-11-10-22-17(25)15-5-3-8-21-13-15;/h2-6,8,12-13H,7,9-11H2,1H3,(H,22,25)(H2,20,23,24);1H. The molecule has 0 aliphatic rings. The zero-order valence-electron chi connectivity index (χ0n) is 14.5. The molecule has 0 saturated carbocycles. The van der Waals surface area contributed by atoms with E-state index in [1.807, 2.05) is 6.07 Å². The van der Waals surface area contributed by atoms with Crippen LogP contribution in [0.4, 0.5) is 4.39 Å². The molecule has 8 heteroatoms. The van der Waals surface area contributed by atoms with E-state index in [-0.39, 0.29) is 35.7 Å². The predicted molar refractivity (Wildman–Crippen MR) is 111 cm³/mol. The molecule has 0 unspecified atom stereocenters. The van der Waals surface area contributed by atoms with Gasteiger partial charge in [0.1, 0.15) is 5.82 Å². The Morgan fingerprint density at radius 2 is 1.88 bits per heavy atom. The molecule has 0 saturated heterocycles. The molecular formula is C18H23FIN5O. The van der Waals surface area contributed by atoms with Gasteiger partial charge in [0.05, 0.1) is 5.56 Å². The number of aliphatic imine (C=N–C) groups is 1. The van der Waals surface area contributed by atoms with Crippen LogP contribution in [0, 0.1) is 5.82 Å². The highest BCUT2D eigenvalue weighted by atomic mass is 127. The predicted octanol–water partition coefficient (Wildman–Crippen LogP) is 1.98. The maximum absolute atomic E-state index is 13.1. The summed E-state index contributed by atoms with van der Waals surface area (Å²) in [5.41, 5.74) is 1.45. The van der Waals surface area contributed by atoms with Gasteiger partial charge in [0, 0.05) is 39.1 Å². The van der Waals surface area contributed by atoms with Gasteiger partial charge in [0.2, 0.25) is 0 Å². The Bertz CT molecular complexity index is 712. The average Bonchev–Trinajstić information content (AvgIpc) is 2.64. The molecule has 1 aromatic heterocycles. The molecular weight excluding hydrogens is 448 g/mol. The minimum Gasteiger partial charge on any atom is -0.356 e. The highest BCUT2D eigenvalue weighted by molar-refractivity contribution is 14.0. The number of hydrogen-bond donors (Lipinski definition) is 3. The number of aromatic nitrogens is 1. The molecule has 1 heterocycles. The Kier molecular flexibility index (Phi) is 10.2. The van der Waals surface area contributed by atoms with Crippen LogP contribution < -0.4 is 16.0 Å². The molecule has 26 heavy (non-hydrogen) atoms. The van der Waals surface area contributed by atoms with Crippen LogP contribution in [-0.4, -0.2) is 43.5 Å². The Morgan fingerprint density at radius 3 is 2.58 bits per heavy atom. The van der Waals surface area contributed by atoms with Gasteiger partial charge >= 0.3 is 0 Å².